The summed E-state index contributed by atoms with van der Waals surface area (Å²) in [5, 5.41) is 13.6. The van der Waals surface area contributed by atoms with E-state index in [0.29, 0.717) is 10.3 Å². The van der Waals surface area contributed by atoms with Gasteiger partial charge < -0.3 is 5.41 Å². The van der Waals surface area contributed by atoms with E-state index in [2.05, 4.69) is 15.2 Å². The van der Waals surface area contributed by atoms with Crippen LogP contribution < -0.4 is 0 Å². The zero-order valence-corrected chi connectivity index (χ0v) is 9.83. The molecule has 0 radical (unpaired) electrons. The molecule has 1 atom stereocenters. The Kier molecular flexibility index (Phi) is 3.10. The van der Waals surface area contributed by atoms with E-state index in [0.717, 1.165) is 0 Å². The lowest BCUT2D eigenvalue weighted by Crippen LogP contribution is -2.04. The summed E-state index contributed by atoms with van der Waals surface area (Å²) in [4.78, 5) is 3.85. The number of pyridine rings is 1. The van der Waals surface area contributed by atoms with Crippen LogP contribution in [0.5, 0.6) is 0 Å². The van der Waals surface area contributed by atoms with Crippen molar-refractivity contribution in [1.29, 1.82) is 5.41 Å². The molecule has 2 rings (SSSR count). The van der Waals surface area contributed by atoms with Crippen LogP contribution in [0.1, 0.15) is 11.5 Å². The summed E-state index contributed by atoms with van der Waals surface area (Å²) in [6, 6.07) is 1.34. The van der Waals surface area contributed by atoms with E-state index >= 15 is 0 Å². The van der Waals surface area contributed by atoms with Gasteiger partial charge in [0.05, 0.1) is 5.92 Å². The number of hydrogen-bond donors (Lipinski definition) is 2. The number of aromatic amines is 1. The number of hydrogen-bond acceptors (Lipinski definition) is 4. The third-order valence-electron chi connectivity index (χ3n) is 2.36. The lowest BCUT2D eigenvalue weighted by atomic mass is 10.0. The number of aliphatic imine (C=N–C) groups is 1. The van der Waals surface area contributed by atoms with Gasteiger partial charge in [0.15, 0.2) is 16.2 Å². The molecule has 0 bridgehead atoms. The molecule has 17 heavy (non-hydrogen) atoms. The Labute approximate surface area is 102 Å². The molecule has 0 fully saturated rings. The average molecular weight is 251 g/mol. The molecule has 0 saturated heterocycles. The SMILES string of the molecule is CN=CC(C=N)c1cc(F)c2n[nH]c(=S)n2c1. The molecule has 7 heteroatoms. The van der Waals surface area contributed by atoms with Gasteiger partial charge in [-0.15, -0.1) is 0 Å². The van der Waals surface area contributed by atoms with Crippen LogP contribution in [0.3, 0.4) is 0 Å². The van der Waals surface area contributed by atoms with E-state index in [1.807, 2.05) is 0 Å². The smallest absolute Gasteiger partial charge is 0.199 e. The third-order valence-corrected chi connectivity index (χ3v) is 2.65. The van der Waals surface area contributed by atoms with Crippen molar-refractivity contribution in [1.82, 2.24) is 14.6 Å². The summed E-state index contributed by atoms with van der Waals surface area (Å²) in [6.07, 6.45) is 4.41. The lowest BCUT2D eigenvalue weighted by Gasteiger charge is -2.07. The fourth-order valence-electron chi connectivity index (χ4n) is 1.56. The number of rotatable bonds is 3. The molecule has 0 amide bonds. The van der Waals surface area contributed by atoms with Crippen LogP contribution in [0, 0.1) is 16.0 Å². The molecular formula is C10H10FN5S. The molecule has 1 unspecified atom stereocenters. The van der Waals surface area contributed by atoms with E-state index < -0.39 is 5.82 Å². The maximum atomic E-state index is 13.7. The molecule has 0 aromatic carbocycles. The molecule has 2 N–H and O–H groups in total. The minimum atomic E-state index is -0.480. The maximum absolute atomic E-state index is 13.7. The number of nitrogens with zero attached hydrogens (tertiary/aromatic N) is 3. The molecule has 5 nitrogen and oxygen atoms in total. The predicted molar refractivity (Wildman–Crippen MR) is 66.3 cm³/mol. The number of nitrogens with one attached hydrogen (secondary N) is 2. The number of fused-ring (bicyclic) bond motifs is 1. The van der Waals surface area contributed by atoms with Gasteiger partial charge in [-0.2, -0.15) is 5.10 Å². The van der Waals surface area contributed by atoms with Gasteiger partial charge in [-0.05, 0) is 23.8 Å². The van der Waals surface area contributed by atoms with Crippen LogP contribution in [-0.4, -0.2) is 34.1 Å². The van der Waals surface area contributed by atoms with Crippen molar-refractivity contribution in [2.75, 3.05) is 7.05 Å². The Hall–Kier alpha value is -1.89. The quantitative estimate of drug-likeness (QED) is 0.646. The highest BCUT2D eigenvalue weighted by Crippen LogP contribution is 2.16. The van der Waals surface area contributed by atoms with Gasteiger partial charge in [0, 0.05) is 25.7 Å². The van der Waals surface area contributed by atoms with Crippen molar-refractivity contribution in [3.8, 4) is 0 Å². The Balaban J connectivity index is 2.66. The largest absolute Gasteiger partial charge is 0.312 e. The van der Waals surface area contributed by atoms with Gasteiger partial charge in [0.25, 0.3) is 0 Å². The second-order valence-corrected chi connectivity index (χ2v) is 3.83. The zero-order valence-electron chi connectivity index (χ0n) is 9.01. The molecule has 0 aliphatic rings. The first kappa shape index (κ1) is 11.6. The summed E-state index contributed by atoms with van der Waals surface area (Å²) in [6.45, 7) is 0. The van der Waals surface area contributed by atoms with Crippen LogP contribution in [0.4, 0.5) is 4.39 Å². The molecule has 2 aromatic heterocycles. The normalized spacial score (nSPS) is 13.3. The van der Waals surface area contributed by atoms with Crippen molar-refractivity contribution in [3.63, 3.8) is 0 Å². The van der Waals surface area contributed by atoms with Crippen LogP contribution in [0.25, 0.3) is 5.65 Å². The Morgan fingerprint density at radius 3 is 3.12 bits per heavy atom. The van der Waals surface area contributed by atoms with E-state index in [9.17, 15) is 4.39 Å². The first-order chi connectivity index (χ1) is 8.17. The van der Waals surface area contributed by atoms with E-state index in [1.54, 1.807) is 19.5 Å². The van der Waals surface area contributed by atoms with Crippen LogP contribution in [0.2, 0.25) is 0 Å². The average Bonchev–Trinajstić information content (AvgIpc) is 2.69. The molecule has 0 aliphatic carbocycles. The predicted octanol–water partition coefficient (Wildman–Crippen LogP) is 1.96. The van der Waals surface area contributed by atoms with Gasteiger partial charge in [-0.1, -0.05) is 0 Å². The van der Waals surface area contributed by atoms with Crippen molar-refractivity contribution < 1.29 is 4.39 Å². The summed E-state index contributed by atoms with van der Waals surface area (Å²) < 4.78 is 15.5. The summed E-state index contributed by atoms with van der Waals surface area (Å²) in [7, 11) is 1.61. The zero-order chi connectivity index (χ0) is 12.4. The Bertz CT molecular complexity index is 642. The maximum Gasteiger partial charge on any atom is 0.199 e. The Morgan fingerprint density at radius 2 is 2.47 bits per heavy atom. The molecule has 0 spiro atoms. The molecule has 2 aromatic rings. The first-order valence-electron chi connectivity index (χ1n) is 4.86. The second-order valence-electron chi connectivity index (χ2n) is 3.44. The highest BCUT2D eigenvalue weighted by atomic mass is 32.1. The van der Waals surface area contributed by atoms with Crippen LogP contribution in [-0.2, 0) is 0 Å². The van der Waals surface area contributed by atoms with Gasteiger partial charge in [0.2, 0.25) is 0 Å². The second kappa shape index (κ2) is 4.54. The van der Waals surface area contributed by atoms with Crippen molar-refractivity contribution in [3.05, 3.63) is 28.4 Å². The highest BCUT2D eigenvalue weighted by Gasteiger charge is 2.12. The van der Waals surface area contributed by atoms with Gasteiger partial charge in [-0.3, -0.25) is 14.5 Å². The fraction of sp³-hybridized carbons (Fsp3) is 0.200. The van der Waals surface area contributed by atoms with Crippen molar-refractivity contribution >= 4 is 30.3 Å². The number of aromatic nitrogens is 3. The standard InChI is InChI=1S/C10H10FN5S/c1-13-4-7(3-12)6-2-8(11)9-14-15-10(17)16(9)5-6/h2-5,7,12H,1H3,(H,15,17). The minimum Gasteiger partial charge on any atom is -0.312 e. The number of halogens is 1. The molecule has 0 saturated carbocycles. The van der Waals surface area contributed by atoms with Crippen molar-refractivity contribution in [2.45, 2.75) is 5.92 Å². The summed E-state index contributed by atoms with van der Waals surface area (Å²) >= 11 is 4.98. The van der Waals surface area contributed by atoms with Gasteiger partial charge in [-0.25, -0.2) is 4.39 Å². The van der Waals surface area contributed by atoms with E-state index in [1.165, 1.54) is 16.7 Å². The summed E-state index contributed by atoms with van der Waals surface area (Å²) in [5.41, 5.74) is 0.754. The molecule has 2 heterocycles. The topological polar surface area (TPSA) is 69.3 Å². The van der Waals surface area contributed by atoms with E-state index in [4.69, 9.17) is 17.6 Å². The Morgan fingerprint density at radius 1 is 1.71 bits per heavy atom. The van der Waals surface area contributed by atoms with Crippen LogP contribution in [0.15, 0.2) is 17.3 Å². The molecular weight excluding hydrogens is 241 g/mol. The molecule has 88 valence electrons. The van der Waals surface area contributed by atoms with E-state index in [-0.39, 0.29) is 11.6 Å². The third kappa shape index (κ3) is 2.01. The first-order valence-corrected chi connectivity index (χ1v) is 5.27. The van der Waals surface area contributed by atoms with Crippen LogP contribution >= 0.6 is 12.2 Å². The monoisotopic (exact) mass is 251 g/mol. The minimum absolute atomic E-state index is 0.149. The lowest BCUT2D eigenvalue weighted by molar-refractivity contribution is 0.627. The molecule has 0 aliphatic heterocycles. The summed E-state index contributed by atoms with van der Waals surface area (Å²) in [5.74, 6) is -0.845. The number of H-pyrrole nitrogens is 1. The van der Waals surface area contributed by atoms with Gasteiger partial charge in [0.1, 0.15) is 0 Å². The van der Waals surface area contributed by atoms with Gasteiger partial charge >= 0.3 is 0 Å². The highest BCUT2D eigenvalue weighted by molar-refractivity contribution is 7.71. The fourth-order valence-corrected chi connectivity index (χ4v) is 1.74. The van der Waals surface area contributed by atoms with Crippen molar-refractivity contribution in [2.24, 2.45) is 4.99 Å².